The van der Waals surface area contributed by atoms with Crippen LogP contribution in [0.25, 0.3) is 10.1 Å². The SMILES string of the molecule is COC(=O)CCC(=O)c1cc2c(F)c(O)c(OC)cc2s1. The molecule has 1 aromatic heterocycles. The summed E-state index contributed by atoms with van der Waals surface area (Å²) in [7, 11) is 2.56. The number of thiophene rings is 1. The summed E-state index contributed by atoms with van der Waals surface area (Å²) in [6, 6.07) is 2.84. The van der Waals surface area contributed by atoms with Crippen molar-refractivity contribution in [2.24, 2.45) is 0 Å². The van der Waals surface area contributed by atoms with E-state index in [1.54, 1.807) is 0 Å². The number of methoxy groups -OCH3 is 2. The Morgan fingerprint density at radius 2 is 2.00 bits per heavy atom. The minimum atomic E-state index is -0.826. The molecule has 2 rings (SSSR count). The average Bonchev–Trinajstić information content (AvgIpc) is 2.92. The lowest BCUT2D eigenvalue weighted by molar-refractivity contribution is -0.140. The van der Waals surface area contributed by atoms with Gasteiger partial charge in [0.15, 0.2) is 23.1 Å². The number of hydrogen-bond donors (Lipinski definition) is 1. The van der Waals surface area contributed by atoms with E-state index in [4.69, 9.17) is 4.74 Å². The van der Waals surface area contributed by atoms with E-state index in [0.717, 1.165) is 11.3 Å². The molecule has 0 fully saturated rings. The number of phenolic OH excluding ortho intramolecular Hbond substituents is 1. The maximum absolute atomic E-state index is 14.0. The Bertz CT molecular complexity index is 707. The zero-order chi connectivity index (χ0) is 15.6. The van der Waals surface area contributed by atoms with Gasteiger partial charge in [0.1, 0.15) is 0 Å². The predicted octanol–water partition coefficient (Wildman–Crippen LogP) is 2.89. The van der Waals surface area contributed by atoms with Gasteiger partial charge in [0.2, 0.25) is 0 Å². The van der Waals surface area contributed by atoms with Crippen LogP contribution in [0.1, 0.15) is 22.5 Å². The maximum Gasteiger partial charge on any atom is 0.305 e. The van der Waals surface area contributed by atoms with Gasteiger partial charge in [0.05, 0.1) is 25.5 Å². The quantitative estimate of drug-likeness (QED) is 0.679. The molecule has 21 heavy (non-hydrogen) atoms. The van der Waals surface area contributed by atoms with E-state index in [2.05, 4.69) is 4.74 Å². The third-order valence-electron chi connectivity index (χ3n) is 2.98. The van der Waals surface area contributed by atoms with Crippen molar-refractivity contribution < 1.29 is 28.6 Å². The van der Waals surface area contributed by atoms with Gasteiger partial charge in [-0.05, 0) is 6.07 Å². The number of ketones is 1. The van der Waals surface area contributed by atoms with Gasteiger partial charge in [-0.3, -0.25) is 9.59 Å². The molecule has 0 spiro atoms. The molecule has 1 N–H and O–H groups in total. The topological polar surface area (TPSA) is 72.8 Å². The smallest absolute Gasteiger partial charge is 0.305 e. The Labute approximate surface area is 123 Å². The number of hydrogen-bond acceptors (Lipinski definition) is 6. The number of aromatic hydroxyl groups is 1. The summed E-state index contributed by atoms with van der Waals surface area (Å²) >= 11 is 1.08. The Kier molecular flexibility index (Phi) is 4.42. The summed E-state index contributed by atoms with van der Waals surface area (Å²) in [5, 5.41) is 9.76. The number of benzene rings is 1. The molecule has 1 heterocycles. The van der Waals surface area contributed by atoms with Gasteiger partial charge in [0.25, 0.3) is 0 Å². The second kappa shape index (κ2) is 6.09. The number of rotatable bonds is 5. The fourth-order valence-corrected chi connectivity index (χ4v) is 2.89. The minimum Gasteiger partial charge on any atom is -0.502 e. The van der Waals surface area contributed by atoms with Gasteiger partial charge >= 0.3 is 5.97 Å². The van der Waals surface area contributed by atoms with Crippen LogP contribution in [-0.2, 0) is 9.53 Å². The lowest BCUT2D eigenvalue weighted by Gasteiger charge is -2.04. The van der Waals surface area contributed by atoms with Crippen LogP contribution < -0.4 is 4.74 Å². The first-order valence-electron chi connectivity index (χ1n) is 6.07. The van der Waals surface area contributed by atoms with Crippen molar-refractivity contribution >= 4 is 33.2 Å². The molecule has 0 unspecified atom stereocenters. The molecule has 0 aliphatic heterocycles. The normalized spacial score (nSPS) is 10.6. The highest BCUT2D eigenvalue weighted by atomic mass is 32.1. The number of esters is 1. The molecule has 7 heteroatoms. The molecule has 0 bridgehead atoms. The van der Waals surface area contributed by atoms with Crippen LogP contribution in [0.15, 0.2) is 12.1 Å². The van der Waals surface area contributed by atoms with Gasteiger partial charge in [-0.1, -0.05) is 0 Å². The lowest BCUT2D eigenvalue weighted by Crippen LogP contribution is -2.04. The zero-order valence-electron chi connectivity index (χ0n) is 11.4. The average molecular weight is 312 g/mol. The van der Waals surface area contributed by atoms with E-state index >= 15 is 0 Å². The second-order valence-electron chi connectivity index (χ2n) is 4.26. The number of ether oxygens (including phenoxy) is 2. The number of phenols is 1. The Hall–Kier alpha value is -2.15. The highest BCUT2D eigenvalue weighted by Crippen LogP contribution is 2.39. The van der Waals surface area contributed by atoms with Gasteiger partial charge in [-0.15, -0.1) is 11.3 Å². The van der Waals surface area contributed by atoms with E-state index in [-0.39, 0.29) is 29.8 Å². The highest BCUT2D eigenvalue weighted by Gasteiger charge is 2.19. The van der Waals surface area contributed by atoms with Gasteiger partial charge in [0, 0.05) is 22.6 Å². The molecule has 112 valence electrons. The van der Waals surface area contributed by atoms with Crippen LogP contribution >= 0.6 is 11.3 Å². The molecule has 0 saturated heterocycles. The maximum atomic E-state index is 14.0. The van der Waals surface area contributed by atoms with Crippen LogP contribution in [-0.4, -0.2) is 31.1 Å². The molecular weight excluding hydrogens is 299 g/mol. The molecule has 2 aromatic rings. The summed E-state index contributed by atoms with van der Waals surface area (Å²) in [6.07, 6.45) is -0.0368. The minimum absolute atomic E-state index is 0.00964. The van der Waals surface area contributed by atoms with Crippen molar-refractivity contribution in [1.29, 1.82) is 0 Å². The number of halogens is 1. The molecule has 0 saturated carbocycles. The molecule has 0 aliphatic rings. The third kappa shape index (κ3) is 2.97. The van der Waals surface area contributed by atoms with Gasteiger partial charge < -0.3 is 14.6 Å². The summed E-state index contributed by atoms with van der Waals surface area (Å²) in [5.41, 5.74) is 0. The summed E-state index contributed by atoms with van der Waals surface area (Å²) in [5.74, 6) is -2.16. The summed E-state index contributed by atoms with van der Waals surface area (Å²) < 4.78 is 23.8. The van der Waals surface area contributed by atoms with Gasteiger partial charge in [-0.25, -0.2) is 4.39 Å². The first-order valence-corrected chi connectivity index (χ1v) is 6.88. The van der Waals surface area contributed by atoms with Crippen LogP contribution in [0.3, 0.4) is 0 Å². The Morgan fingerprint density at radius 3 is 2.62 bits per heavy atom. The van der Waals surface area contributed by atoms with Crippen molar-refractivity contribution in [2.45, 2.75) is 12.8 Å². The van der Waals surface area contributed by atoms with Crippen molar-refractivity contribution in [3.05, 3.63) is 22.8 Å². The largest absolute Gasteiger partial charge is 0.502 e. The molecule has 0 radical (unpaired) electrons. The monoisotopic (exact) mass is 312 g/mol. The van der Waals surface area contributed by atoms with Crippen molar-refractivity contribution in [2.75, 3.05) is 14.2 Å². The predicted molar refractivity (Wildman–Crippen MR) is 75.6 cm³/mol. The fraction of sp³-hybridized carbons (Fsp3) is 0.286. The third-order valence-corrected chi connectivity index (χ3v) is 4.10. The Balaban J connectivity index is 2.32. The van der Waals surface area contributed by atoms with Crippen LogP contribution in [0.4, 0.5) is 4.39 Å². The van der Waals surface area contributed by atoms with Crippen molar-refractivity contribution in [3.63, 3.8) is 0 Å². The fourth-order valence-electron chi connectivity index (χ4n) is 1.84. The molecule has 0 amide bonds. The number of carbonyl (C=O) groups is 2. The van der Waals surface area contributed by atoms with Gasteiger partial charge in [-0.2, -0.15) is 0 Å². The molecular formula is C14H13FO5S. The second-order valence-corrected chi connectivity index (χ2v) is 5.35. The molecule has 1 aromatic carbocycles. The zero-order valence-corrected chi connectivity index (χ0v) is 12.3. The number of fused-ring (bicyclic) bond motifs is 1. The molecule has 0 aliphatic carbocycles. The van der Waals surface area contributed by atoms with Crippen LogP contribution in [0.5, 0.6) is 11.5 Å². The van der Waals surface area contributed by atoms with E-state index in [1.165, 1.54) is 26.4 Å². The summed E-state index contributed by atoms with van der Waals surface area (Å²) in [4.78, 5) is 23.3. The number of Topliss-reactive ketones (excluding diaryl/α,β-unsaturated/α-hetero) is 1. The van der Waals surface area contributed by atoms with Crippen molar-refractivity contribution in [1.82, 2.24) is 0 Å². The lowest BCUT2D eigenvalue weighted by atomic mass is 10.1. The molecule has 0 atom stereocenters. The van der Waals surface area contributed by atoms with Crippen LogP contribution in [0, 0.1) is 5.82 Å². The van der Waals surface area contributed by atoms with Crippen LogP contribution in [0.2, 0.25) is 0 Å². The van der Waals surface area contributed by atoms with E-state index in [0.29, 0.717) is 9.58 Å². The molecule has 5 nitrogen and oxygen atoms in total. The van der Waals surface area contributed by atoms with E-state index in [9.17, 15) is 19.1 Å². The Morgan fingerprint density at radius 1 is 1.29 bits per heavy atom. The standard InChI is InChI=1S/C14H13FO5S/c1-19-9-6-10-7(13(15)14(9)18)5-11(21-10)8(16)3-4-12(17)20-2/h5-6,18H,3-4H2,1-2H3. The van der Waals surface area contributed by atoms with E-state index in [1.807, 2.05) is 0 Å². The first kappa shape index (κ1) is 15.2. The summed E-state index contributed by atoms with van der Waals surface area (Å²) in [6.45, 7) is 0. The number of carbonyl (C=O) groups excluding carboxylic acids is 2. The van der Waals surface area contributed by atoms with E-state index < -0.39 is 17.5 Å². The highest BCUT2D eigenvalue weighted by molar-refractivity contribution is 7.20. The van der Waals surface area contributed by atoms with Crippen molar-refractivity contribution in [3.8, 4) is 11.5 Å². The first-order chi connectivity index (χ1) is 9.97.